The molecule has 2 aromatic carbocycles. The molecule has 12 heteroatoms. The highest BCUT2D eigenvalue weighted by Crippen LogP contribution is 2.55. The second kappa shape index (κ2) is 10.6. The Morgan fingerprint density at radius 2 is 2.02 bits per heavy atom. The van der Waals surface area contributed by atoms with Crippen molar-refractivity contribution in [1.29, 1.82) is 5.26 Å². The van der Waals surface area contributed by atoms with Gasteiger partial charge < -0.3 is 14.6 Å². The van der Waals surface area contributed by atoms with Crippen LogP contribution in [0, 0.1) is 30.0 Å². The third-order valence-electron chi connectivity index (χ3n) is 9.35. The van der Waals surface area contributed by atoms with Gasteiger partial charge in [-0.3, -0.25) is 4.79 Å². The zero-order chi connectivity index (χ0) is 31.1. The number of rotatable bonds is 7. The van der Waals surface area contributed by atoms with Crippen LogP contribution in [0.3, 0.4) is 0 Å². The Morgan fingerprint density at radius 1 is 1.25 bits per heavy atom. The van der Waals surface area contributed by atoms with Crippen molar-refractivity contribution in [2.45, 2.75) is 75.9 Å². The summed E-state index contributed by atoms with van der Waals surface area (Å²) in [6.45, 7) is -1.25. The number of aryl methyl sites for hydroxylation is 2. The number of amides is 1. The molecular weight excluding hydrogens is 619 g/mol. The molecule has 7 rings (SSSR count). The molecule has 2 saturated carbocycles. The van der Waals surface area contributed by atoms with Crippen LogP contribution in [0.4, 0.5) is 17.6 Å². The summed E-state index contributed by atoms with van der Waals surface area (Å²) in [6.07, 6.45) is 0.428. The Hall–Kier alpha value is -3.39. The van der Waals surface area contributed by atoms with Crippen LogP contribution in [0.15, 0.2) is 30.3 Å². The zero-order valence-electron chi connectivity index (χ0n) is 23.4. The number of benzene rings is 2. The number of nitriles is 1. The van der Waals surface area contributed by atoms with Gasteiger partial charge in [0.25, 0.3) is 5.91 Å². The molecule has 2 aromatic heterocycles. The fraction of sp³-hybridized carbons (Fsp3) is 0.406. The van der Waals surface area contributed by atoms with E-state index in [1.54, 1.807) is 37.3 Å². The molecule has 1 aliphatic heterocycles. The number of nitrogens with zero attached hydrogens (tertiary/aromatic N) is 3. The Kier molecular flexibility index (Phi) is 7.07. The number of fused-ring (bicyclic) bond motifs is 5. The molecule has 3 aliphatic rings. The molecule has 1 saturated heterocycles. The number of pyridine rings is 1. The first-order chi connectivity index (χ1) is 21.0. The van der Waals surface area contributed by atoms with E-state index in [1.165, 1.54) is 4.90 Å². The number of carbonyl (C=O) groups is 1. The van der Waals surface area contributed by atoms with Gasteiger partial charge in [0.2, 0.25) is 0 Å². The molecule has 44 heavy (non-hydrogen) atoms. The number of carbonyl (C=O) groups excluding carboxylic acids is 1. The summed E-state index contributed by atoms with van der Waals surface area (Å²) >= 11 is 12.8. The first kappa shape index (κ1) is 29.3. The van der Waals surface area contributed by atoms with E-state index in [0.717, 1.165) is 0 Å². The highest BCUT2D eigenvalue weighted by Gasteiger charge is 2.61. The number of alkyl halides is 3. The third kappa shape index (κ3) is 4.55. The molecule has 1 N–H and O–H groups in total. The van der Waals surface area contributed by atoms with Gasteiger partial charge in [-0.2, -0.15) is 14.0 Å². The van der Waals surface area contributed by atoms with E-state index in [2.05, 4.69) is 16.0 Å². The molecule has 3 heterocycles. The molecule has 2 aliphatic carbocycles. The van der Waals surface area contributed by atoms with Crippen molar-refractivity contribution in [3.8, 4) is 17.2 Å². The van der Waals surface area contributed by atoms with Crippen molar-refractivity contribution >= 4 is 50.9 Å². The standard InChI is InChI=1S/C32H26Cl2F4N4O2/c1-14-18-13-22(29-19-11-16(12-23(19)44-31(36)37)42(29)30(43)32(38)7-8-32)41-27(18)20-10-15(4-3-9-39)24(26(35)28(20)40-14)17-5-2-6-21(33)25(17)34/h2,5-6,10,13,16,19,23,29,31,41H,3-4,7-8,11-12H2,1H3/t16-,19?,23?,29?/m1/s1. The number of likely N-dealkylation sites (tertiary alicyclic amines) is 1. The van der Waals surface area contributed by atoms with Gasteiger partial charge in [-0.1, -0.05) is 35.3 Å². The van der Waals surface area contributed by atoms with Crippen molar-refractivity contribution in [1.82, 2.24) is 14.9 Å². The summed E-state index contributed by atoms with van der Waals surface area (Å²) in [7, 11) is 0. The molecule has 4 atom stereocenters. The van der Waals surface area contributed by atoms with E-state index in [1.807, 2.05) is 0 Å². The Morgan fingerprint density at radius 3 is 2.73 bits per heavy atom. The van der Waals surface area contributed by atoms with Gasteiger partial charge in [0, 0.05) is 51.7 Å². The van der Waals surface area contributed by atoms with Gasteiger partial charge in [-0.05, 0) is 62.8 Å². The van der Waals surface area contributed by atoms with Crippen LogP contribution in [0.5, 0.6) is 0 Å². The van der Waals surface area contributed by atoms with E-state index >= 15 is 8.78 Å². The first-order valence-corrected chi connectivity index (χ1v) is 15.2. The van der Waals surface area contributed by atoms with E-state index in [-0.39, 0.29) is 53.2 Å². The van der Waals surface area contributed by atoms with Gasteiger partial charge in [-0.15, -0.1) is 0 Å². The summed E-state index contributed by atoms with van der Waals surface area (Å²) in [5, 5.41) is 10.9. The van der Waals surface area contributed by atoms with Crippen LogP contribution in [0.1, 0.15) is 55.1 Å². The Bertz CT molecular complexity index is 1890. The first-order valence-electron chi connectivity index (χ1n) is 14.4. The molecule has 6 nitrogen and oxygen atoms in total. The molecule has 2 bridgehead atoms. The lowest BCUT2D eigenvalue weighted by atomic mass is 9.92. The molecule has 1 amide bonds. The van der Waals surface area contributed by atoms with Crippen LogP contribution < -0.4 is 0 Å². The van der Waals surface area contributed by atoms with Gasteiger partial charge in [0.05, 0.1) is 33.8 Å². The lowest BCUT2D eigenvalue weighted by Crippen LogP contribution is -2.48. The van der Waals surface area contributed by atoms with Crippen molar-refractivity contribution in [3.05, 3.63) is 63.1 Å². The highest BCUT2D eigenvalue weighted by molar-refractivity contribution is 6.43. The van der Waals surface area contributed by atoms with Crippen molar-refractivity contribution in [2.24, 2.45) is 5.92 Å². The summed E-state index contributed by atoms with van der Waals surface area (Å²) in [5.41, 5.74) is 0.779. The number of piperidine rings is 1. The number of nitrogens with one attached hydrogen (secondary N) is 1. The summed E-state index contributed by atoms with van der Waals surface area (Å²) in [4.78, 5) is 22.8. The average Bonchev–Trinajstić information content (AvgIpc) is 3.30. The van der Waals surface area contributed by atoms with E-state index < -0.39 is 48.1 Å². The molecule has 3 unspecified atom stereocenters. The van der Waals surface area contributed by atoms with Crippen LogP contribution >= 0.6 is 23.2 Å². The van der Waals surface area contributed by atoms with Crippen LogP contribution in [0.25, 0.3) is 32.9 Å². The molecule has 0 radical (unpaired) electrons. The van der Waals surface area contributed by atoms with Crippen molar-refractivity contribution < 1.29 is 27.1 Å². The molecule has 0 spiro atoms. The fourth-order valence-corrected chi connectivity index (χ4v) is 7.64. The largest absolute Gasteiger partial charge is 0.356 e. The number of aromatic nitrogens is 2. The maximum Gasteiger partial charge on any atom is 0.345 e. The minimum absolute atomic E-state index is 0.0654. The molecule has 4 aromatic rings. The number of aromatic amines is 1. The summed E-state index contributed by atoms with van der Waals surface area (Å²) in [6, 6.07) is 9.41. The van der Waals surface area contributed by atoms with Crippen LogP contribution in [0.2, 0.25) is 10.0 Å². The predicted octanol–water partition coefficient (Wildman–Crippen LogP) is 8.37. The highest BCUT2D eigenvalue weighted by atomic mass is 35.5. The molecular formula is C32H26Cl2F4N4O2. The lowest BCUT2D eigenvalue weighted by Gasteiger charge is -2.39. The number of halogens is 6. The van der Waals surface area contributed by atoms with E-state index in [0.29, 0.717) is 45.2 Å². The average molecular weight is 645 g/mol. The number of H-pyrrole nitrogens is 1. The van der Waals surface area contributed by atoms with Crippen LogP contribution in [-0.2, 0) is 16.0 Å². The topological polar surface area (TPSA) is 82.0 Å². The van der Waals surface area contributed by atoms with Gasteiger partial charge in [0.15, 0.2) is 11.5 Å². The Balaban J connectivity index is 1.41. The third-order valence-corrected chi connectivity index (χ3v) is 10.2. The van der Waals surface area contributed by atoms with Crippen molar-refractivity contribution in [3.63, 3.8) is 0 Å². The minimum Gasteiger partial charge on any atom is -0.356 e. The normalized spacial score (nSPS) is 23.7. The van der Waals surface area contributed by atoms with Gasteiger partial charge >= 0.3 is 6.61 Å². The lowest BCUT2D eigenvalue weighted by molar-refractivity contribution is -0.185. The van der Waals surface area contributed by atoms with Crippen molar-refractivity contribution in [2.75, 3.05) is 0 Å². The Labute approximate surface area is 259 Å². The maximum atomic E-state index is 16.5. The van der Waals surface area contributed by atoms with Crippen LogP contribution in [-0.4, -0.2) is 45.2 Å². The fourth-order valence-electron chi connectivity index (χ4n) is 7.24. The zero-order valence-corrected chi connectivity index (χ0v) is 25.0. The second-order valence-electron chi connectivity index (χ2n) is 11.9. The quantitative estimate of drug-likeness (QED) is 0.205. The maximum absolute atomic E-state index is 16.5. The number of hydrogen-bond acceptors (Lipinski definition) is 4. The van der Waals surface area contributed by atoms with Gasteiger partial charge in [-0.25, -0.2) is 13.8 Å². The SMILES string of the molecule is Cc1nc2c(F)c(-c3cccc(Cl)c3Cl)c(CCC#N)cc2c2[nH]c(C3C4C[C@H](CC4OC(F)F)N3C(=O)C3(F)CC3)cc12. The van der Waals surface area contributed by atoms with E-state index in [9.17, 15) is 18.8 Å². The minimum atomic E-state index is -2.98. The number of ether oxygens (including phenoxy) is 1. The molecule has 3 fully saturated rings. The molecule has 228 valence electrons. The second-order valence-corrected chi connectivity index (χ2v) is 12.7. The summed E-state index contributed by atoms with van der Waals surface area (Å²) < 4.78 is 63.2. The van der Waals surface area contributed by atoms with E-state index in [4.69, 9.17) is 27.9 Å². The number of hydrogen-bond donors (Lipinski definition) is 1. The predicted molar refractivity (Wildman–Crippen MR) is 158 cm³/mol. The smallest absolute Gasteiger partial charge is 0.345 e. The van der Waals surface area contributed by atoms with Gasteiger partial charge in [0.1, 0.15) is 5.52 Å². The monoisotopic (exact) mass is 644 g/mol. The summed E-state index contributed by atoms with van der Waals surface area (Å²) in [5.74, 6) is -1.74.